The van der Waals surface area contributed by atoms with Gasteiger partial charge in [-0.25, -0.2) is 9.59 Å². The van der Waals surface area contributed by atoms with Crippen LogP contribution in [0.4, 0.5) is 9.59 Å². The van der Waals surface area contributed by atoms with E-state index in [9.17, 15) is 23.8 Å². The molecule has 1 saturated carbocycles. The predicted octanol–water partition coefficient (Wildman–Crippen LogP) is 3.86. The van der Waals surface area contributed by atoms with E-state index < -0.39 is 36.4 Å². The van der Waals surface area contributed by atoms with Crippen molar-refractivity contribution in [2.75, 3.05) is 0 Å². The Morgan fingerprint density at radius 1 is 0.970 bits per heavy atom. The van der Waals surface area contributed by atoms with E-state index in [1.54, 1.807) is 59.9 Å². The fourth-order valence-electron chi connectivity index (χ4n) is 4.17. The van der Waals surface area contributed by atoms with E-state index in [2.05, 4.69) is 5.32 Å². The van der Waals surface area contributed by atoms with Crippen LogP contribution in [-0.2, 0) is 27.1 Å². The standard InChI is InChI=1S/C23H27N2O7P/c26-20(25-21(27)28)23(13-7-8-14-23)33(30,31)19(15-17-9-3-1-4-10-17)24-22(29)32-16-18-11-5-2-6-12-18/h1-6,9-12,19H,7-8,13-16H2,(H,24,29)(H,25,26)(H,27,28)(H,30,31). The molecule has 2 atom stereocenters. The molecule has 0 aromatic heterocycles. The van der Waals surface area contributed by atoms with Gasteiger partial charge in [0, 0.05) is 6.42 Å². The summed E-state index contributed by atoms with van der Waals surface area (Å²) in [6.07, 6.45) is -1.45. The van der Waals surface area contributed by atoms with Crippen molar-refractivity contribution < 1.29 is 33.7 Å². The minimum Gasteiger partial charge on any atom is -0.465 e. The van der Waals surface area contributed by atoms with Crippen LogP contribution in [0.2, 0.25) is 0 Å². The maximum Gasteiger partial charge on any atom is 0.411 e. The third-order valence-electron chi connectivity index (χ3n) is 5.88. The third kappa shape index (κ3) is 5.80. The highest BCUT2D eigenvalue weighted by Gasteiger charge is 2.58. The second-order valence-corrected chi connectivity index (χ2v) is 10.8. The predicted molar refractivity (Wildman–Crippen MR) is 121 cm³/mol. The molecule has 1 aliphatic rings. The monoisotopic (exact) mass is 474 g/mol. The number of carboxylic acid groups (broad SMARTS) is 1. The number of hydrogen-bond donors (Lipinski definition) is 4. The zero-order valence-electron chi connectivity index (χ0n) is 18.0. The van der Waals surface area contributed by atoms with E-state index in [-0.39, 0.29) is 25.9 Å². The number of amides is 3. The molecule has 2 unspecified atom stereocenters. The number of nitrogens with one attached hydrogen (secondary N) is 2. The Labute approximate surface area is 191 Å². The molecule has 1 fully saturated rings. The Kier molecular flexibility index (Phi) is 7.89. The number of carbonyl (C=O) groups excluding carboxylic acids is 2. The van der Waals surface area contributed by atoms with Gasteiger partial charge in [-0.2, -0.15) is 0 Å². The van der Waals surface area contributed by atoms with Crippen LogP contribution >= 0.6 is 7.37 Å². The minimum atomic E-state index is -4.50. The normalized spacial score (nSPS) is 17.4. The van der Waals surface area contributed by atoms with Crippen LogP contribution in [0.25, 0.3) is 0 Å². The summed E-state index contributed by atoms with van der Waals surface area (Å²) in [7, 11) is -4.50. The molecule has 0 aliphatic heterocycles. The fraction of sp³-hybridized carbons (Fsp3) is 0.348. The first-order chi connectivity index (χ1) is 15.7. The molecule has 2 aromatic carbocycles. The average molecular weight is 474 g/mol. The number of rotatable bonds is 8. The molecule has 0 heterocycles. The number of hydrogen-bond acceptors (Lipinski definition) is 5. The zero-order valence-corrected chi connectivity index (χ0v) is 18.9. The van der Waals surface area contributed by atoms with Crippen LogP contribution in [0, 0.1) is 0 Å². The minimum absolute atomic E-state index is 0.0306. The fourth-order valence-corrected chi connectivity index (χ4v) is 6.80. The highest BCUT2D eigenvalue weighted by atomic mass is 31.2. The Morgan fingerprint density at radius 3 is 2.06 bits per heavy atom. The number of alkyl carbamates (subject to hydrolysis) is 1. The maximum absolute atomic E-state index is 13.9. The Morgan fingerprint density at radius 2 is 1.52 bits per heavy atom. The van der Waals surface area contributed by atoms with Gasteiger partial charge in [-0.1, -0.05) is 73.5 Å². The molecule has 0 bridgehead atoms. The van der Waals surface area contributed by atoms with Gasteiger partial charge in [0.1, 0.15) is 17.5 Å². The molecule has 176 valence electrons. The SMILES string of the molecule is O=C(O)NC(=O)C1(P(=O)(O)C(Cc2ccccc2)NC(=O)OCc2ccccc2)CCCC1. The quantitative estimate of drug-likeness (QED) is 0.426. The highest BCUT2D eigenvalue weighted by molar-refractivity contribution is 7.61. The van der Waals surface area contributed by atoms with Crippen molar-refractivity contribution in [1.82, 2.24) is 10.6 Å². The van der Waals surface area contributed by atoms with Crippen molar-refractivity contribution >= 4 is 25.5 Å². The molecule has 10 heteroatoms. The van der Waals surface area contributed by atoms with Crippen molar-refractivity contribution in [2.24, 2.45) is 0 Å². The Bertz CT molecular complexity index is 1020. The van der Waals surface area contributed by atoms with Gasteiger partial charge in [-0.05, 0) is 24.0 Å². The topological polar surface area (TPSA) is 142 Å². The first kappa shape index (κ1) is 24.5. The van der Waals surface area contributed by atoms with Crippen LogP contribution in [-0.4, -0.2) is 39.0 Å². The van der Waals surface area contributed by atoms with E-state index >= 15 is 0 Å². The second-order valence-electron chi connectivity index (χ2n) is 8.03. The Hall–Kier alpha value is -3.16. The molecule has 0 saturated heterocycles. The molecular formula is C23H27N2O7P. The van der Waals surface area contributed by atoms with Crippen LogP contribution in [0.3, 0.4) is 0 Å². The molecule has 0 radical (unpaired) electrons. The number of carbonyl (C=O) groups is 3. The van der Waals surface area contributed by atoms with Gasteiger partial charge in [-0.3, -0.25) is 14.7 Å². The summed E-state index contributed by atoms with van der Waals surface area (Å²) < 4.78 is 19.1. The molecule has 3 amide bonds. The maximum atomic E-state index is 13.9. The van der Waals surface area contributed by atoms with Gasteiger partial charge in [-0.15, -0.1) is 0 Å². The molecule has 2 aromatic rings. The molecule has 9 nitrogen and oxygen atoms in total. The summed E-state index contributed by atoms with van der Waals surface area (Å²) in [4.78, 5) is 47.8. The summed E-state index contributed by atoms with van der Waals surface area (Å²) in [5.74, 6) is -2.36. The lowest BCUT2D eigenvalue weighted by atomic mass is 10.1. The highest BCUT2D eigenvalue weighted by Crippen LogP contribution is 2.64. The van der Waals surface area contributed by atoms with E-state index in [4.69, 9.17) is 9.84 Å². The lowest BCUT2D eigenvalue weighted by Crippen LogP contribution is -2.51. The van der Waals surface area contributed by atoms with E-state index in [1.807, 2.05) is 6.07 Å². The molecular weight excluding hydrogens is 447 g/mol. The van der Waals surface area contributed by atoms with Crippen molar-refractivity contribution in [2.45, 2.75) is 49.6 Å². The van der Waals surface area contributed by atoms with Crippen molar-refractivity contribution in [1.29, 1.82) is 0 Å². The number of ether oxygens (including phenoxy) is 1. The van der Waals surface area contributed by atoms with Crippen LogP contribution in [0.1, 0.15) is 36.8 Å². The van der Waals surface area contributed by atoms with E-state index in [1.165, 1.54) is 0 Å². The van der Waals surface area contributed by atoms with Gasteiger partial charge in [0.15, 0.2) is 0 Å². The van der Waals surface area contributed by atoms with Gasteiger partial charge in [0.2, 0.25) is 13.3 Å². The summed E-state index contributed by atoms with van der Waals surface area (Å²) in [5, 5.41) is 11.5. The second kappa shape index (κ2) is 10.6. The van der Waals surface area contributed by atoms with Gasteiger partial charge < -0.3 is 20.1 Å². The summed E-state index contributed by atoms with van der Waals surface area (Å²) in [5.41, 5.74) is 1.42. The molecule has 4 N–H and O–H groups in total. The first-order valence-corrected chi connectivity index (χ1v) is 12.4. The Balaban J connectivity index is 1.86. The lowest BCUT2D eigenvalue weighted by molar-refractivity contribution is -0.123. The third-order valence-corrected chi connectivity index (χ3v) is 8.91. The van der Waals surface area contributed by atoms with Crippen LogP contribution in [0.15, 0.2) is 60.7 Å². The smallest absolute Gasteiger partial charge is 0.411 e. The molecule has 0 spiro atoms. The van der Waals surface area contributed by atoms with Crippen LogP contribution in [0.5, 0.6) is 0 Å². The lowest BCUT2D eigenvalue weighted by Gasteiger charge is -2.36. The van der Waals surface area contributed by atoms with Crippen molar-refractivity contribution in [3.05, 3.63) is 71.8 Å². The van der Waals surface area contributed by atoms with Gasteiger partial charge in [0.25, 0.3) is 0 Å². The molecule has 3 rings (SSSR count). The summed E-state index contributed by atoms with van der Waals surface area (Å²) in [6, 6.07) is 17.7. The average Bonchev–Trinajstić information content (AvgIpc) is 3.30. The largest absolute Gasteiger partial charge is 0.465 e. The summed E-state index contributed by atoms with van der Waals surface area (Å²) in [6.45, 7) is -0.0366. The van der Waals surface area contributed by atoms with E-state index in [0.29, 0.717) is 18.4 Å². The first-order valence-electron chi connectivity index (χ1n) is 10.6. The van der Waals surface area contributed by atoms with Gasteiger partial charge >= 0.3 is 12.2 Å². The summed E-state index contributed by atoms with van der Waals surface area (Å²) >= 11 is 0. The molecule has 33 heavy (non-hydrogen) atoms. The van der Waals surface area contributed by atoms with E-state index in [0.717, 1.165) is 5.56 Å². The van der Waals surface area contributed by atoms with Crippen LogP contribution < -0.4 is 10.6 Å². The van der Waals surface area contributed by atoms with Crippen molar-refractivity contribution in [3.63, 3.8) is 0 Å². The number of imide groups is 1. The molecule has 1 aliphatic carbocycles. The van der Waals surface area contributed by atoms with Gasteiger partial charge in [0.05, 0.1) is 0 Å². The van der Waals surface area contributed by atoms with Crippen molar-refractivity contribution in [3.8, 4) is 0 Å². The number of benzene rings is 2. The zero-order chi connectivity index (χ0) is 23.9.